The number of fused-ring (bicyclic) bond motifs is 1. The molecule has 0 spiro atoms. The highest BCUT2D eigenvalue weighted by Crippen LogP contribution is 2.36. The first-order chi connectivity index (χ1) is 19.0. The molecule has 0 fully saturated rings. The molecule has 1 atom stereocenters. The van der Waals surface area contributed by atoms with E-state index in [2.05, 4.69) is 25.9 Å². The van der Waals surface area contributed by atoms with Crippen molar-refractivity contribution in [3.8, 4) is 0 Å². The van der Waals surface area contributed by atoms with Crippen LogP contribution in [-0.4, -0.2) is 27.7 Å². The largest absolute Gasteiger partial charge is 0.357 e. The minimum atomic E-state index is -0.343. The minimum absolute atomic E-state index is 0.291. The number of halogens is 1. The van der Waals surface area contributed by atoms with Gasteiger partial charge < -0.3 is 20.9 Å². The summed E-state index contributed by atoms with van der Waals surface area (Å²) < 4.78 is 13.3. The summed E-state index contributed by atoms with van der Waals surface area (Å²) in [6.07, 6.45) is 1.72. The Kier molecular flexibility index (Phi) is 7.12. The predicted octanol–water partition coefficient (Wildman–Crippen LogP) is 6.08. The number of rotatable bonds is 6. The second-order valence-corrected chi connectivity index (χ2v) is 11.2. The summed E-state index contributed by atoms with van der Waals surface area (Å²) in [5.41, 5.74) is 5.94. The lowest BCUT2D eigenvalue weighted by Gasteiger charge is -2.15. The molecule has 2 aromatic carbocycles. The zero-order valence-corrected chi connectivity index (χ0v) is 23.5. The molecule has 204 valence electrons. The minimum Gasteiger partial charge on any atom is -0.357 e. The molecule has 1 aliphatic heterocycles. The third kappa shape index (κ3) is 5.17. The van der Waals surface area contributed by atoms with Crippen LogP contribution in [0.25, 0.3) is 11.6 Å². The van der Waals surface area contributed by atoms with Crippen LogP contribution < -0.4 is 16.0 Å². The number of H-pyrrole nitrogens is 1. The summed E-state index contributed by atoms with van der Waals surface area (Å²) in [5.74, 6) is -1.24. The number of amides is 3. The van der Waals surface area contributed by atoms with Crippen molar-refractivity contribution in [2.75, 3.05) is 10.6 Å². The van der Waals surface area contributed by atoms with Gasteiger partial charge in [-0.05, 0) is 82.2 Å². The average Bonchev–Trinajstić information content (AvgIpc) is 3.51. The third-order valence-corrected chi connectivity index (χ3v) is 7.79. The Hall–Kier alpha value is -4.57. The van der Waals surface area contributed by atoms with E-state index >= 15 is 0 Å². The first-order valence-corrected chi connectivity index (χ1v) is 13.5. The molecule has 2 aromatic heterocycles. The molecule has 10 heteroatoms. The molecule has 0 bridgehead atoms. The topological polar surface area (TPSA) is 116 Å². The smallest absolute Gasteiger partial charge is 0.275 e. The molecular weight excluding hydrogens is 529 g/mol. The number of hydrogen-bond acceptors (Lipinski definition) is 5. The standard InChI is InChI=1S/C30H28FN5O3S/c1-14-25(32-16(3)26(14)36-30(39)27-17(4)40-18(5)34-27)13-23-22-12-20(8-11-24(22)35-29(23)38)28(37)33-15(2)19-6-9-21(31)10-7-19/h6-13,15,32H,1-5H3,(H,33,37)(H,35,38)(H,36,39)/b23-13-/t15-/m1/s1. The van der Waals surface area contributed by atoms with Gasteiger partial charge in [0.15, 0.2) is 0 Å². The number of carbonyl (C=O) groups excluding carboxylic acids is 3. The molecule has 4 N–H and O–H groups in total. The normalized spacial score (nSPS) is 14.2. The Morgan fingerprint density at radius 1 is 1.05 bits per heavy atom. The van der Waals surface area contributed by atoms with Crippen LogP contribution in [0.3, 0.4) is 0 Å². The van der Waals surface area contributed by atoms with E-state index in [1.807, 2.05) is 34.6 Å². The first kappa shape index (κ1) is 27.0. The SMILES string of the molecule is Cc1nc(C(=O)Nc2c(C)[nH]c(/C=C3\C(=O)Nc4ccc(C(=O)N[C@H](C)c5ccc(F)cc5)cc43)c2C)c(C)s1. The summed E-state index contributed by atoms with van der Waals surface area (Å²) in [6.45, 7) is 9.24. The van der Waals surface area contributed by atoms with Crippen LogP contribution in [0, 0.1) is 33.5 Å². The van der Waals surface area contributed by atoms with Crippen molar-refractivity contribution < 1.29 is 18.8 Å². The second-order valence-electron chi connectivity index (χ2n) is 9.77. The highest BCUT2D eigenvalue weighted by molar-refractivity contribution is 7.11. The van der Waals surface area contributed by atoms with Crippen molar-refractivity contribution in [3.05, 3.63) is 97.5 Å². The highest BCUT2D eigenvalue weighted by Gasteiger charge is 2.27. The maximum absolute atomic E-state index is 13.3. The van der Waals surface area contributed by atoms with Crippen LogP contribution in [0.2, 0.25) is 0 Å². The van der Waals surface area contributed by atoms with Crippen molar-refractivity contribution in [2.45, 2.75) is 40.7 Å². The molecule has 0 saturated carbocycles. The van der Waals surface area contributed by atoms with Gasteiger partial charge in [0.1, 0.15) is 11.5 Å². The number of nitrogens with zero attached hydrogens (tertiary/aromatic N) is 1. The molecular formula is C30H28FN5O3S. The summed E-state index contributed by atoms with van der Waals surface area (Å²) in [6, 6.07) is 10.6. The van der Waals surface area contributed by atoms with E-state index in [4.69, 9.17) is 0 Å². The highest BCUT2D eigenvalue weighted by atomic mass is 32.1. The van der Waals surface area contributed by atoms with E-state index in [9.17, 15) is 18.8 Å². The molecule has 0 unspecified atom stereocenters. The molecule has 3 heterocycles. The van der Waals surface area contributed by atoms with Gasteiger partial charge in [0.05, 0.1) is 22.3 Å². The Bertz CT molecular complexity index is 1700. The number of benzene rings is 2. The van der Waals surface area contributed by atoms with Crippen molar-refractivity contribution >= 4 is 52.1 Å². The summed E-state index contributed by atoms with van der Waals surface area (Å²) >= 11 is 1.47. The van der Waals surface area contributed by atoms with E-state index in [1.165, 1.54) is 23.5 Å². The summed E-state index contributed by atoms with van der Waals surface area (Å²) in [7, 11) is 0. The van der Waals surface area contributed by atoms with Crippen LogP contribution in [0.5, 0.6) is 0 Å². The van der Waals surface area contributed by atoms with Gasteiger partial charge in [0.25, 0.3) is 17.7 Å². The van der Waals surface area contributed by atoms with Crippen molar-refractivity contribution in [1.29, 1.82) is 0 Å². The van der Waals surface area contributed by atoms with Crippen molar-refractivity contribution in [3.63, 3.8) is 0 Å². The number of aryl methyl sites for hydroxylation is 3. The molecule has 1 aliphatic rings. The van der Waals surface area contributed by atoms with Crippen molar-refractivity contribution in [2.24, 2.45) is 0 Å². The lowest BCUT2D eigenvalue weighted by atomic mass is 10.0. The van der Waals surface area contributed by atoms with Gasteiger partial charge in [-0.15, -0.1) is 11.3 Å². The van der Waals surface area contributed by atoms with E-state index in [-0.39, 0.29) is 29.6 Å². The lowest BCUT2D eigenvalue weighted by Crippen LogP contribution is -2.26. The number of nitrogens with one attached hydrogen (secondary N) is 4. The number of carbonyl (C=O) groups is 3. The fourth-order valence-electron chi connectivity index (χ4n) is 4.75. The van der Waals surface area contributed by atoms with Gasteiger partial charge in [-0.2, -0.15) is 0 Å². The fourth-order valence-corrected chi connectivity index (χ4v) is 5.57. The average molecular weight is 558 g/mol. The van der Waals surface area contributed by atoms with Crippen LogP contribution >= 0.6 is 11.3 Å². The summed E-state index contributed by atoms with van der Waals surface area (Å²) in [5, 5.41) is 9.54. The van der Waals surface area contributed by atoms with Gasteiger partial charge in [-0.1, -0.05) is 12.1 Å². The van der Waals surface area contributed by atoms with Gasteiger partial charge in [0, 0.05) is 33.1 Å². The quantitative estimate of drug-likeness (QED) is 0.215. The molecule has 4 aromatic rings. The summed E-state index contributed by atoms with van der Waals surface area (Å²) in [4.78, 5) is 47.3. The maximum atomic E-state index is 13.3. The molecule has 0 aliphatic carbocycles. The Labute approximate surface area is 234 Å². The van der Waals surface area contributed by atoms with E-state index in [0.717, 1.165) is 26.7 Å². The maximum Gasteiger partial charge on any atom is 0.275 e. The predicted molar refractivity (Wildman–Crippen MR) is 155 cm³/mol. The van der Waals surface area contributed by atoms with Gasteiger partial charge in [-0.25, -0.2) is 9.37 Å². The molecule has 3 amide bonds. The van der Waals surface area contributed by atoms with E-state index in [0.29, 0.717) is 39.5 Å². The van der Waals surface area contributed by atoms with Crippen LogP contribution in [-0.2, 0) is 4.79 Å². The number of thiazole rings is 1. The first-order valence-electron chi connectivity index (χ1n) is 12.7. The van der Waals surface area contributed by atoms with Crippen LogP contribution in [0.15, 0.2) is 42.5 Å². The van der Waals surface area contributed by atoms with Gasteiger partial charge in [0.2, 0.25) is 0 Å². The Morgan fingerprint density at radius 3 is 2.45 bits per heavy atom. The lowest BCUT2D eigenvalue weighted by molar-refractivity contribution is -0.110. The molecule has 40 heavy (non-hydrogen) atoms. The van der Waals surface area contributed by atoms with Crippen LogP contribution in [0.1, 0.15) is 71.8 Å². The molecule has 5 rings (SSSR count). The molecule has 0 radical (unpaired) electrons. The molecule has 8 nitrogen and oxygen atoms in total. The van der Waals surface area contributed by atoms with Gasteiger partial charge in [-0.3, -0.25) is 14.4 Å². The van der Waals surface area contributed by atoms with Gasteiger partial charge >= 0.3 is 0 Å². The number of aromatic amines is 1. The van der Waals surface area contributed by atoms with Crippen molar-refractivity contribution in [1.82, 2.24) is 15.3 Å². The Balaban J connectivity index is 1.40. The zero-order chi connectivity index (χ0) is 28.7. The number of anilines is 2. The number of aromatic nitrogens is 2. The number of hydrogen-bond donors (Lipinski definition) is 4. The Morgan fingerprint density at radius 2 is 1.77 bits per heavy atom. The van der Waals surface area contributed by atoms with Crippen LogP contribution in [0.4, 0.5) is 15.8 Å². The molecule has 0 saturated heterocycles. The second kappa shape index (κ2) is 10.5. The third-order valence-electron chi connectivity index (χ3n) is 6.90. The monoisotopic (exact) mass is 557 g/mol. The zero-order valence-electron chi connectivity index (χ0n) is 22.7. The fraction of sp³-hybridized carbons (Fsp3) is 0.200. The van der Waals surface area contributed by atoms with E-state index in [1.54, 1.807) is 36.4 Å². The van der Waals surface area contributed by atoms with E-state index < -0.39 is 0 Å².